The molecule has 0 bridgehead atoms. The number of allylic oxidation sites excluding steroid dienone is 2. The van der Waals surface area contributed by atoms with Gasteiger partial charge in [-0.05, 0) is 71.4 Å². The summed E-state index contributed by atoms with van der Waals surface area (Å²) in [4.78, 5) is 8.58. The van der Waals surface area contributed by atoms with Crippen molar-refractivity contribution in [1.82, 2.24) is 9.97 Å². The van der Waals surface area contributed by atoms with E-state index < -0.39 is 0 Å². The van der Waals surface area contributed by atoms with Gasteiger partial charge in [-0.2, -0.15) is 0 Å². The molecule has 4 aromatic rings. The summed E-state index contributed by atoms with van der Waals surface area (Å²) < 4.78 is 11.4. The number of halogens is 1. The van der Waals surface area contributed by atoms with Gasteiger partial charge in [-0.1, -0.05) is 89.9 Å². The van der Waals surface area contributed by atoms with Crippen LogP contribution in [0.4, 0.5) is 0 Å². The molecule has 3 heterocycles. The quantitative estimate of drug-likeness (QED) is 0.237. The van der Waals surface area contributed by atoms with Crippen molar-refractivity contribution in [2.75, 3.05) is 0 Å². The summed E-state index contributed by atoms with van der Waals surface area (Å²) in [7, 11) is -0.241. The van der Waals surface area contributed by atoms with Crippen molar-refractivity contribution >= 4 is 24.3 Å². The van der Waals surface area contributed by atoms with Crippen LogP contribution >= 0.6 is 11.6 Å². The third-order valence-electron chi connectivity index (χ3n) is 6.77. The van der Waals surface area contributed by atoms with Crippen molar-refractivity contribution in [3.05, 3.63) is 127 Å². The zero-order valence-electron chi connectivity index (χ0n) is 24.3. The molecule has 1 aliphatic heterocycles. The van der Waals surface area contributed by atoms with Gasteiger partial charge in [0.05, 0.1) is 22.6 Å². The summed E-state index contributed by atoms with van der Waals surface area (Å²) in [6.07, 6.45) is 3.54. The number of hydrogen-bond donors (Lipinski definition) is 0. The molecule has 0 N–H and O–H groups in total. The van der Waals surface area contributed by atoms with Gasteiger partial charge in [-0.3, -0.25) is 9.97 Å². The predicted octanol–water partition coefficient (Wildman–Crippen LogP) is 9.38. The van der Waals surface area contributed by atoms with E-state index in [1.54, 1.807) is 12.3 Å². The van der Waals surface area contributed by atoms with Crippen LogP contribution in [0.1, 0.15) is 47.1 Å². The third kappa shape index (κ3) is 8.50. The fraction of sp³-hybridized carbons (Fsp3) is 0.235. The Hall–Kier alpha value is -3.51. The molecule has 2 aromatic heterocycles. The molecule has 1 fully saturated rings. The van der Waals surface area contributed by atoms with E-state index in [0.29, 0.717) is 5.02 Å². The van der Waals surface area contributed by atoms with Gasteiger partial charge in [0.2, 0.25) is 0 Å². The van der Waals surface area contributed by atoms with Crippen LogP contribution in [0.25, 0.3) is 28.1 Å². The van der Waals surface area contributed by atoms with Crippen LogP contribution in [-0.2, 0) is 9.31 Å². The normalized spacial score (nSPS) is 14.7. The molecule has 6 heteroatoms. The van der Waals surface area contributed by atoms with Crippen molar-refractivity contribution in [2.45, 2.75) is 52.7 Å². The van der Waals surface area contributed by atoms with Gasteiger partial charge in [0.15, 0.2) is 0 Å². The van der Waals surface area contributed by atoms with E-state index in [4.69, 9.17) is 20.9 Å². The van der Waals surface area contributed by atoms with Crippen LogP contribution in [0.15, 0.2) is 116 Å². The molecular formula is C34H38BClN2O2. The minimum Gasteiger partial charge on any atom is -0.400 e. The molecule has 40 heavy (non-hydrogen) atoms. The SMILES string of the molecule is C=C(C)B1OC(C)(C)C(C)(C)O1.C=C(C)c1ccnc(-c2ccccc2)c1.Clc1ccnc(-c2ccccc2)c1. The largest absolute Gasteiger partial charge is 0.489 e. The van der Waals surface area contributed by atoms with Gasteiger partial charge < -0.3 is 9.31 Å². The topological polar surface area (TPSA) is 44.2 Å². The Morgan fingerprint density at radius 2 is 1.15 bits per heavy atom. The number of pyridine rings is 2. The Bertz CT molecular complexity index is 1410. The maximum absolute atomic E-state index is 5.85. The lowest BCUT2D eigenvalue weighted by Gasteiger charge is -2.32. The van der Waals surface area contributed by atoms with E-state index in [0.717, 1.165) is 39.1 Å². The molecule has 0 amide bonds. The highest BCUT2D eigenvalue weighted by molar-refractivity contribution is 6.54. The third-order valence-corrected chi connectivity index (χ3v) is 7.00. The zero-order valence-corrected chi connectivity index (χ0v) is 25.1. The maximum atomic E-state index is 5.85. The summed E-state index contributed by atoms with van der Waals surface area (Å²) in [5, 5.41) is 0.717. The fourth-order valence-corrected chi connectivity index (χ4v) is 3.84. The smallest absolute Gasteiger partial charge is 0.400 e. The number of nitrogens with zero attached hydrogens (tertiary/aromatic N) is 2. The van der Waals surface area contributed by atoms with E-state index in [-0.39, 0.29) is 18.3 Å². The van der Waals surface area contributed by atoms with Crippen LogP contribution in [-0.4, -0.2) is 28.3 Å². The van der Waals surface area contributed by atoms with E-state index >= 15 is 0 Å². The molecule has 1 aliphatic rings. The predicted molar refractivity (Wildman–Crippen MR) is 170 cm³/mol. The molecule has 0 unspecified atom stereocenters. The summed E-state index contributed by atoms with van der Waals surface area (Å²) in [6, 6.07) is 27.8. The average Bonchev–Trinajstić information content (AvgIpc) is 3.17. The van der Waals surface area contributed by atoms with Gasteiger partial charge in [-0.15, -0.1) is 6.58 Å². The maximum Gasteiger partial charge on any atom is 0.489 e. The molecule has 0 atom stereocenters. The molecule has 206 valence electrons. The number of aromatic nitrogens is 2. The van der Waals surface area contributed by atoms with E-state index in [2.05, 4.69) is 41.3 Å². The Morgan fingerprint density at radius 3 is 1.55 bits per heavy atom. The molecular weight excluding hydrogens is 515 g/mol. The highest BCUT2D eigenvalue weighted by Gasteiger charge is 2.51. The standard InChI is InChI=1S/C14H13N.C11H8ClN.C9H17BO2/c1-11(2)13-8-9-15-14(10-13)12-6-4-3-5-7-12;12-10-6-7-13-11(8-10)9-4-2-1-3-5-9;1-7(2)10-11-8(3,4)9(5,6)12-10/h3-10H,1H2,2H3;1-8H;1H2,2-6H3. The zero-order chi connectivity index (χ0) is 29.3. The van der Waals surface area contributed by atoms with Gasteiger partial charge in [-0.25, -0.2) is 0 Å². The number of rotatable bonds is 4. The Kier molecular flexibility index (Phi) is 10.6. The van der Waals surface area contributed by atoms with Crippen molar-refractivity contribution in [1.29, 1.82) is 0 Å². The van der Waals surface area contributed by atoms with Gasteiger partial charge >= 0.3 is 7.12 Å². The van der Waals surface area contributed by atoms with Crippen molar-refractivity contribution < 1.29 is 9.31 Å². The van der Waals surface area contributed by atoms with Crippen LogP contribution in [0, 0.1) is 0 Å². The molecule has 0 radical (unpaired) electrons. The van der Waals surface area contributed by atoms with Gasteiger partial charge in [0.1, 0.15) is 0 Å². The van der Waals surface area contributed by atoms with Crippen LogP contribution in [0.3, 0.4) is 0 Å². The summed E-state index contributed by atoms with van der Waals surface area (Å²) in [6.45, 7) is 19.8. The lowest BCUT2D eigenvalue weighted by atomic mass is 9.81. The molecule has 1 saturated heterocycles. The lowest BCUT2D eigenvalue weighted by molar-refractivity contribution is 0.00578. The molecule has 0 aliphatic carbocycles. The second-order valence-corrected chi connectivity index (χ2v) is 11.2. The number of hydrogen-bond acceptors (Lipinski definition) is 4. The minimum atomic E-state index is -0.241. The fourth-order valence-electron chi connectivity index (χ4n) is 3.68. The molecule has 4 nitrogen and oxygen atoms in total. The Labute approximate surface area is 244 Å². The van der Waals surface area contributed by atoms with E-state index in [1.807, 2.05) is 108 Å². The first-order valence-electron chi connectivity index (χ1n) is 13.2. The van der Waals surface area contributed by atoms with Crippen molar-refractivity contribution in [3.8, 4) is 22.5 Å². The summed E-state index contributed by atoms with van der Waals surface area (Å²) in [5.41, 5.74) is 6.79. The minimum absolute atomic E-state index is 0.239. The second-order valence-electron chi connectivity index (χ2n) is 10.7. The van der Waals surface area contributed by atoms with Crippen LogP contribution < -0.4 is 0 Å². The first-order chi connectivity index (χ1) is 18.9. The number of benzene rings is 2. The second kappa shape index (κ2) is 13.7. The van der Waals surface area contributed by atoms with Gasteiger partial charge in [0.25, 0.3) is 0 Å². The van der Waals surface area contributed by atoms with Crippen molar-refractivity contribution in [3.63, 3.8) is 0 Å². The Balaban J connectivity index is 0.000000167. The van der Waals surface area contributed by atoms with Crippen LogP contribution in [0.5, 0.6) is 0 Å². The molecule has 0 saturated carbocycles. The Morgan fingerprint density at radius 1 is 0.700 bits per heavy atom. The average molecular weight is 553 g/mol. The first-order valence-corrected chi connectivity index (χ1v) is 13.6. The molecule has 5 rings (SSSR count). The molecule has 0 spiro atoms. The highest BCUT2D eigenvalue weighted by Crippen LogP contribution is 2.38. The van der Waals surface area contributed by atoms with E-state index in [1.165, 1.54) is 0 Å². The van der Waals surface area contributed by atoms with Gasteiger partial charge in [0, 0.05) is 28.5 Å². The van der Waals surface area contributed by atoms with Crippen LogP contribution in [0.2, 0.25) is 5.02 Å². The monoisotopic (exact) mass is 552 g/mol. The molecule has 2 aromatic carbocycles. The summed E-state index contributed by atoms with van der Waals surface area (Å²) >= 11 is 5.85. The highest BCUT2D eigenvalue weighted by atomic mass is 35.5. The van der Waals surface area contributed by atoms with E-state index in [9.17, 15) is 0 Å². The first kappa shape index (κ1) is 31.0. The lowest BCUT2D eigenvalue weighted by Crippen LogP contribution is -2.41. The van der Waals surface area contributed by atoms with Crippen molar-refractivity contribution in [2.24, 2.45) is 0 Å². The summed E-state index contributed by atoms with van der Waals surface area (Å²) in [5.74, 6) is 0.